The van der Waals surface area contributed by atoms with Gasteiger partial charge in [0.1, 0.15) is 5.69 Å². The Morgan fingerprint density at radius 2 is 1.96 bits per heavy atom. The Morgan fingerprint density at radius 1 is 1.19 bits per heavy atom. The number of carbonyl (C=O) groups is 2. The summed E-state index contributed by atoms with van der Waals surface area (Å²) < 4.78 is 0. The van der Waals surface area contributed by atoms with Gasteiger partial charge in [-0.25, -0.2) is 9.97 Å². The molecule has 7 nitrogen and oxygen atoms in total. The Kier molecular flexibility index (Phi) is 5.46. The lowest BCUT2D eigenvalue weighted by atomic mass is 10.2. The SMILES string of the molecule is CCN(c1cccc(C)c1)c1cnc(C(=O)N2CCN(C=O)CC2)cn1. The number of amides is 2. The molecule has 0 bridgehead atoms. The van der Waals surface area contributed by atoms with E-state index in [0.29, 0.717) is 37.7 Å². The maximum absolute atomic E-state index is 12.6. The lowest BCUT2D eigenvalue weighted by molar-refractivity contribution is -0.119. The molecule has 2 aromatic rings. The molecular weight excluding hydrogens is 330 g/mol. The second-order valence-corrected chi connectivity index (χ2v) is 6.28. The monoisotopic (exact) mass is 353 g/mol. The first kappa shape index (κ1) is 17.8. The normalized spacial score (nSPS) is 14.2. The molecule has 1 aliphatic heterocycles. The van der Waals surface area contributed by atoms with Crippen molar-refractivity contribution >= 4 is 23.8 Å². The smallest absolute Gasteiger partial charge is 0.274 e. The Bertz CT molecular complexity index is 770. The molecule has 1 aliphatic rings. The first-order valence-electron chi connectivity index (χ1n) is 8.77. The standard InChI is InChI=1S/C19H23N5O2/c1-3-24(16-6-4-5-15(2)11-16)18-13-20-17(12-21-18)19(26)23-9-7-22(14-25)8-10-23/h4-6,11-14H,3,7-10H2,1-2H3. The maximum atomic E-state index is 12.6. The van der Waals surface area contributed by atoms with E-state index in [0.717, 1.165) is 18.6 Å². The Labute approximate surface area is 153 Å². The fourth-order valence-electron chi connectivity index (χ4n) is 3.04. The van der Waals surface area contributed by atoms with Gasteiger partial charge in [-0.05, 0) is 31.5 Å². The zero-order valence-corrected chi connectivity index (χ0v) is 15.1. The van der Waals surface area contributed by atoms with Crippen LogP contribution < -0.4 is 4.90 Å². The first-order chi connectivity index (χ1) is 12.6. The van der Waals surface area contributed by atoms with Crippen molar-refractivity contribution in [2.45, 2.75) is 13.8 Å². The topological polar surface area (TPSA) is 69.6 Å². The highest BCUT2D eigenvalue weighted by atomic mass is 16.2. The average Bonchev–Trinajstić information content (AvgIpc) is 2.69. The van der Waals surface area contributed by atoms with Crippen LogP contribution in [0.5, 0.6) is 0 Å². The molecule has 1 saturated heterocycles. The minimum atomic E-state index is -0.145. The van der Waals surface area contributed by atoms with Gasteiger partial charge >= 0.3 is 0 Å². The van der Waals surface area contributed by atoms with Crippen molar-refractivity contribution < 1.29 is 9.59 Å². The van der Waals surface area contributed by atoms with Crippen molar-refractivity contribution in [3.63, 3.8) is 0 Å². The number of aromatic nitrogens is 2. The number of carbonyl (C=O) groups excluding carboxylic acids is 2. The molecule has 26 heavy (non-hydrogen) atoms. The number of hydrogen-bond acceptors (Lipinski definition) is 5. The molecule has 0 atom stereocenters. The first-order valence-corrected chi connectivity index (χ1v) is 8.77. The van der Waals surface area contributed by atoms with Crippen molar-refractivity contribution in [1.82, 2.24) is 19.8 Å². The van der Waals surface area contributed by atoms with E-state index in [1.165, 1.54) is 11.8 Å². The van der Waals surface area contributed by atoms with Gasteiger partial charge in [-0.15, -0.1) is 0 Å². The van der Waals surface area contributed by atoms with E-state index in [2.05, 4.69) is 40.8 Å². The summed E-state index contributed by atoms with van der Waals surface area (Å²) in [4.78, 5) is 37.5. The van der Waals surface area contributed by atoms with Crippen LogP contribution >= 0.6 is 0 Å². The lowest BCUT2D eigenvalue weighted by Gasteiger charge is -2.32. The summed E-state index contributed by atoms with van der Waals surface area (Å²) in [7, 11) is 0. The molecule has 0 aliphatic carbocycles. The summed E-state index contributed by atoms with van der Waals surface area (Å²) in [6.07, 6.45) is 3.99. The minimum Gasteiger partial charge on any atom is -0.342 e. The predicted molar refractivity (Wildman–Crippen MR) is 99.4 cm³/mol. The molecular formula is C19H23N5O2. The fraction of sp³-hybridized carbons (Fsp3) is 0.368. The third-order valence-corrected chi connectivity index (χ3v) is 4.51. The lowest BCUT2D eigenvalue weighted by Crippen LogP contribution is -2.48. The third-order valence-electron chi connectivity index (χ3n) is 4.51. The quantitative estimate of drug-likeness (QED) is 0.768. The van der Waals surface area contributed by atoms with Crippen LogP contribution in [0, 0.1) is 6.92 Å². The average molecular weight is 353 g/mol. The van der Waals surface area contributed by atoms with Crippen molar-refractivity contribution in [1.29, 1.82) is 0 Å². The van der Waals surface area contributed by atoms with E-state index < -0.39 is 0 Å². The highest BCUT2D eigenvalue weighted by Gasteiger charge is 2.22. The van der Waals surface area contributed by atoms with Gasteiger partial charge in [-0.2, -0.15) is 0 Å². The highest BCUT2D eigenvalue weighted by molar-refractivity contribution is 5.92. The van der Waals surface area contributed by atoms with E-state index in [9.17, 15) is 9.59 Å². The summed E-state index contributed by atoms with van der Waals surface area (Å²) in [5, 5.41) is 0. The Morgan fingerprint density at radius 3 is 2.54 bits per heavy atom. The second kappa shape index (κ2) is 7.95. The van der Waals surface area contributed by atoms with Crippen LogP contribution in [0.25, 0.3) is 0 Å². The number of piperazine rings is 1. The molecule has 2 amide bonds. The molecule has 0 radical (unpaired) electrons. The van der Waals surface area contributed by atoms with Gasteiger partial charge in [0.2, 0.25) is 6.41 Å². The van der Waals surface area contributed by atoms with E-state index in [1.807, 2.05) is 12.1 Å². The van der Waals surface area contributed by atoms with E-state index in [4.69, 9.17) is 0 Å². The van der Waals surface area contributed by atoms with Crippen LogP contribution in [0.2, 0.25) is 0 Å². The molecule has 3 rings (SSSR count). The number of rotatable bonds is 5. The van der Waals surface area contributed by atoms with Gasteiger partial charge in [0.15, 0.2) is 5.82 Å². The van der Waals surface area contributed by atoms with Crippen LogP contribution in [0.3, 0.4) is 0 Å². The predicted octanol–water partition coefficient (Wildman–Crippen LogP) is 1.86. The van der Waals surface area contributed by atoms with Crippen LogP contribution in [0.4, 0.5) is 11.5 Å². The number of hydrogen-bond donors (Lipinski definition) is 0. The Balaban J connectivity index is 1.73. The van der Waals surface area contributed by atoms with Crippen LogP contribution in [-0.2, 0) is 4.79 Å². The van der Waals surface area contributed by atoms with Crippen molar-refractivity contribution in [2.75, 3.05) is 37.6 Å². The Hall–Kier alpha value is -2.96. The molecule has 0 N–H and O–H groups in total. The molecule has 1 aromatic carbocycles. The van der Waals surface area contributed by atoms with Gasteiger partial charge in [-0.1, -0.05) is 12.1 Å². The molecule has 1 aromatic heterocycles. The molecule has 136 valence electrons. The van der Waals surface area contributed by atoms with Gasteiger partial charge < -0.3 is 14.7 Å². The van der Waals surface area contributed by atoms with Gasteiger partial charge in [0, 0.05) is 38.4 Å². The van der Waals surface area contributed by atoms with Gasteiger partial charge in [0.05, 0.1) is 12.4 Å². The second-order valence-electron chi connectivity index (χ2n) is 6.28. The summed E-state index contributed by atoms with van der Waals surface area (Å²) in [6, 6.07) is 8.19. The van der Waals surface area contributed by atoms with Crippen molar-refractivity contribution in [3.8, 4) is 0 Å². The largest absolute Gasteiger partial charge is 0.342 e. The maximum Gasteiger partial charge on any atom is 0.274 e. The molecule has 0 unspecified atom stereocenters. The highest BCUT2D eigenvalue weighted by Crippen LogP contribution is 2.23. The van der Waals surface area contributed by atoms with Crippen LogP contribution in [-0.4, -0.2) is 64.8 Å². The zero-order chi connectivity index (χ0) is 18.5. The summed E-state index contributed by atoms with van der Waals surface area (Å²) in [6.45, 7) is 7.00. The van der Waals surface area contributed by atoms with E-state index in [-0.39, 0.29) is 5.91 Å². The van der Waals surface area contributed by atoms with Gasteiger partial charge in [-0.3, -0.25) is 9.59 Å². The van der Waals surface area contributed by atoms with Crippen molar-refractivity contribution in [2.24, 2.45) is 0 Å². The zero-order valence-electron chi connectivity index (χ0n) is 15.1. The molecule has 0 saturated carbocycles. The summed E-state index contributed by atoms with van der Waals surface area (Å²) in [5.74, 6) is 0.564. The van der Waals surface area contributed by atoms with Crippen LogP contribution in [0.15, 0.2) is 36.7 Å². The number of anilines is 2. The van der Waals surface area contributed by atoms with Crippen LogP contribution in [0.1, 0.15) is 23.0 Å². The molecule has 7 heteroatoms. The number of nitrogens with zero attached hydrogens (tertiary/aromatic N) is 5. The number of benzene rings is 1. The van der Waals surface area contributed by atoms with Crippen molar-refractivity contribution in [3.05, 3.63) is 47.9 Å². The fourth-order valence-corrected chi connectivity index (χ4v) is 3.04. The molecule has 0 spiro atoms. The molecule has 1 fully saturated rings. The minimum absolute atomic E-state index is 0.145. The van der Waals surface area contributed by atoms with E-state index in [1.54, 1.807) is 16.0 Å². The summed E-state index contributed by atoms with van der Waals surface area (Å²) in [5.41, 5.74) is 2.55. The molecule has 2 heterocycles. The van der Waals surface area contributed by atoms with Gasteiger partial charge in [0.25, 0.3) is 5.91 Å². The summed E-state index contributed by atoms with van der Waals surface area (Å²) >= 11 is 0. The van der Waals surface area contributed by atoms with E-state index >= 15 is 0 Å². The third kappa shape index (κ3) is 3.82. The number of aryl methyl sites for hydroxylation is 1.